The molecule has 2 saturated heterocycles. The average molecular weight is 700 g/mol. The minimum atomic E-state index is -1.87. The Hall–Kier alpha value is -2.60. The molecule has 2 aliphatic heterocycles. The summed E-state index contributed by atoms with van der Waals surface area (Å²) in [7, 11) is 1.79. The first-order valence-corrected chi connectivity index (χ1v) is 19.7. The van der Waals surface area contributed by atoms with Gasteiger partial charge in [-0.3, -0.25) is 31.4 Å². The SMILES string of the molecule is CC[NH2+][C@@H]1C=C[C@H](CC)C[C@H]1COC(=O)[C@]12O[C@@]1(CC=C(C)C[C@@H](NC(N)=[NH+]C)C1CC[NH2+]C(N)C1)C(=O)C1CCCC(CC(C)C)C1C2=O. The van der Waals surface area contributed by atoms with Gasteiger partial charge in [0.15, 0.2) is 17.2 Å². The second-order valence-corrected chi connectivity index (χ2v) is 16.5. The lowest BCUT2D eigenvalue weighted by Gasteiger charge is -2.42. The molecule has 0 aromatic rings. The molecule has 3 aliphatic carbocycles. The number of quaternary nitrogens is 2. The second kappa shape index (κ2) is 16.4. The number of fused-ring (bicyclic) bond motifs is 2. The summed E-state index contributed by atoms with van der Waals surface area (Å²) in [6.45, 7) is 12.7. The normalized spacial score (nSPS) is 38.0. The van der Waals surface area contributed by atoms with Gasteiger partial charge in [0.25, 0.3) is 5.60 Å². The number of rotatable bonds is 14. The maximum Gasteiger partial charge on any atom is 0.350 e. The molecule has 0 aromatic heterocycles. The molecule has 2 heterocycles. The van der Waals surface area contributed by atoms with E-state index < -0.39 is 29.0 Å². The van der Waals surface area contributed by atoms with Gasteiger partial charge >= 0.3 is 11.9 Å². The van der Waals surface area contributed by atoms with E-state index in [1.54, 1.807) is 7.05 Å². The molecule has 4 fully saturated rings. The van der Waals surface area contributed by atoms with Crippen molar-refractivity contribution in [3.8, 4) is 0 Å². The largest absolute Gasteiger partial charge is 0.463 e. The minimum absolute atomic E-state index is 0.0401. The van der Waals surface area contributed by atoms with Gasteiger partial charge in [0, 0.05) is 49.4 Å². The van der Waals surface area contributed by atoms with Crippen LogP contribution in [0.1, 0.15) is 98.8 Å². The maximum atomic E-state index is 14.8. The number of hydrogen-bond acceptors (Lipinski definition) is 6. The molecule has 5 aliphatic rings. The summed E-state index contributed by atoms with van der Waals surface area (Å²) in [6.07, 6.45) is 14.6. The van der Waals surface area contributed by atoms with Gasteiger partial charge in [0.2, 0.25) is 0 Å². The van der Waals surface area contributed by atoms with Crippen LogP contribution in [-0.4, -0.2) is 79.7 Å². The zero-order valence-corrected chi connectivity index (χ0v) is 31.5. The minimum Gasteiger partial charge on any atom is -0.463 e. The molecule has 0 amide bonds. The van der Waals surface area contributed by atoms with Gasteiger partial charge in [-0.05, 0) is 69.8 Å². The van der Waals surface area contributed by atoms with E-state index in [4.69, 9.17) is 20.9 Å². The number of nitrogens with one attached hydrogen (secondary N) is 2. The van der Waals surface area contributed by atoms with Crippen LogP contribution in [0.4, 0.5) is 0 Å². The molecule has 11 nitrogen and oxygen atoms in total. The first kappa shape index (κ1) is 38.6. The summed E-state index contributed by atoms with van der Waals surface area (Å²) < 4.78 is 12.5. The van der Waals surface area contributed by atoms with Crippen LogP contribution in [0.15, 0.2) is 23.8 Å². The molecular weight excluding hydrogens is 632 g/mol. The van der Waals surface area contributed by atoms with E-state index in [-0.39, 0.29) is 54.7 Å². The number of epoxide rings is 1. The zero-order chi connectivity index (χ0) is 36.2. The van der Waals surface area contributed by atoms with E-state index in [1.165, 1.54) is 0 Å². The van der Waals surface area contributed by atoms with E-state index in [9.17, 15) is 14.4 Å². The number of ketones is 2. The molecule has 11 heteroatoms. The average Bonchev–Trinajstić information content (AvgIpc) is 3.81. The van der Waals surface area contributed by atoms with Gasteiger partial charge in [-0.25, -0.2) is 4.79 Å². The summed E-state index contributed by atoms with van der Waals surface area (Å²) in [5, 5.41) is 7.90. The number of ether oxygens (including phenoxy) is 2. The fourth-order valence-electron chi connectivity index (χ4n) is 9.87. The van der Waals surface area contributed by atoms with Crippen LogP contribution in [0.3, 0.4) is 0 Å². The highest BCUT2D eigenvalue weighted by Crippen LogP contribution is 2.62. The topological polar surface area (TPSA) is 184 Å². The van der Waals surface area contributed by atoms with Gasteiger partial charge < -0.3 is 20.1 Å². The number of hydrogen-bond donors (Lipinski definition) is 6. The van der Waals surface area contributed by atoms with Crippen molar-refractivity contribution in [2.45, 2.75) is 128 Å². The Morgan fingerprint density at radius 3 is 2.64 bits per heavy atom. The van der Waals surface area contributed by atoms with E-state index >= 15 is 0 Å². The first-order chi connectivity index (χ1) is 23.9. The van der Waals surface area contributed by atoms with Crippen molar-refractivity contribution in [2.24, 2.45) is 52.9 Å². The highest BCUT2D eigenvalue weighted by Gasteiger charge is 2.87. The first-order valence-electron chi connectivity index (χ1n) is 19.7. The van der Waals surface area contributed by atoms with Crippen LogP contribution in [0.5, 0.6) is 0 Å². The van der Waals surface area contributed by atoms with Crippen molar-refractivity contribution in [2.75, 3.05) is 26.7 Å². The molecule has 0 radical (unpaired) electrons. The summed E-state index contributed by atoms with van der Waals surface area (Å²) in [6, 6.07) is 0.246. The molecule has 0 spiro atoms. The highest BCUT2D eigenvalue weighted by molar-refractivity contribution is 6.23. The number of Topliss-reactive ketones (excluding diaryl/α,β-unsaturated/α-hetero) is 2. The van der Waals surface area contributed by atoms with E-state index in [0.29, 0.717) is 36.6 Å². The molecule has 11 atom stereocenters. The number of likely N-dealkylation sites (N-methyl/N-ethyl adjacent to an activating group) is 1. The fourth-order valence-corrected chi connectivity index (χ4v) is 9.87. The summed E-state index contributed by atoms with van der Waals surface area (Å²) in [4.78, 5) is 46.8. The van der Waals surface area contributed by atoms with Crippen LogP contribution in [0.25, 0.3) is 0 Å². The van der Waals surface area contributed by atoms with Gasteiger partial charge in [-0.15, -0.1) is 0 Å². The highest BCUT2D eigenvalue weighted by atomic mass is 16.7. The molecule has 280 valence electrons. The Labute approximate surface area is 299 Å². The van der Waals surface area contributed by atoms with Gasteiger partial charge in [-0.2, -0.15) is 0 Å². The molecule has 5 unspecified atom stereocenters. The van der Waals surface area contributed by atoms with Crippen LogP contribution in [0, 0.1) is 41.4 Å². The third-order valence-corrected chi connectivity index (χ3v) is 12.6. The van der Waals surface area contributed by atoms with E-state index in [1.807, 2.05) is 13.0 Å². The van der Waals surface area contributed by atoms with E-state index in [0.717, 1.165) is 63.6 Å². The van der Waals surface area contributed by atoms with Crippen molar-refractivity contribution in [3.05, 3.63) is 23.8 Å². The summed E-state index contributed by atoms with van der Waals surface area (Å²) >= 11 is 0. The third-order valence-electron chi connectivity index (χ3n) is 12.6. The molecule has 0 bridgehead atoms. The molecule has 10 N–H and O–H groups in total. The van der Waals surface area contributed by atoms with Crippen LogP contribution in [-0.2, 0) is 23.9 Å². The fraction of sp³-hybridized carbons (Fsp3) is 0.795. The number of esters is 1. The van der Waals surface area contributed by atoms with Gasteiger partial charge in [-0.1, -0.05) is 44.9 Å². The Kier molecular flexibility index (Phi) is 12.7. The lowest BCUT2D eigenvalue weighted by Crippen LogP contribution is -2.95. The Balaban J connectivity index is 1.41. The van der Waals surface area contributed by atoms with Crippen molar-refractivity contribution in [1.29, 1.82) is 0 Å². The van der Waals surface area contributed by atoms with Crippen LogP contribution < -0.4 is 32.4 Å². The summed E-state index contributed by atoms with van der Waals surface area (Å²) in [5.41, 5.74) is 10.2. The van der Waals surface area contributed by atoms with Crippen LogP contribution in [0.2, 0.25) is 0 Å². The Bertz CT molecular complexity index is 1330. The summed E-state index contributed by atoms with van der Waals surface area (Å²) in [5.74, 6) is -0.0788. The van der Waals surface area contributed by atoms with Crippen LogP contribution >= 0.6 is 0 Å². The zero-order valence-electron chi connectivity index (χ0n) is 31.5. The quantitative estimate of drug-likeness (QED) is 0.0360. The number of carbonyl (C=O) groups is 3. The number of allylic oxidation sites excluding steroid dienone is 1. The predicted molar refractivity (Wildman–Crippen MR) is 192 cm³/mol. The molecule has 0 aromatic carbocycles. The maximum absolute atomic E-state index is 14.8. The predicted octanol–water partition coefficient (Wildman–Crippen LogP) is -0.210. The van der Waals surface area contributed by atoms with Gasteiger partial charge in [0.05, 0.1) is 26.2 Å². The number of guanidine groups is 1. The molecule has 2 saturated carbocycles. The van der Waals surface area contributed by atoms with Crippen molar-refractivity contribution >= 4 is 23.5 Å². The third kappa shape index (κ3) is 7.76. The number of nitrogens with two attached hydrogens (primary N) is 4. The lowest BCUT2D eigenvalue weighted by molar-refractivity contribution is -0.699. The van der Waals surface area contributed by atoms with E-state index in [2.05, 4.69) is 60.8 Å². The molecule has 5 rings (SSSR count). The van der Waals surface area contributed by atoms with Gasteiger partial charge in [0.1, 0.15) is 18.8 Å². The lowest BCUT2D eigenvalue weighted by atomic mass is 9.57. The smallest absolute Gasteiger partial charge is 0.350 e. The Morgan fingerprint density at radius 2 is 1.96 bits per heavy atom. The van der Waals surface area contributed by atoms with Crippen molar-refractivity contribution in [1.82, 2.24) is 5.32 Å². The van der Waals surface area contributed by atoms with Crippen molar-refractivity contribution < 1.29 is 39.5 Å². The Morgan fingerprint density at radius 1 is 1.18 bits per heavy atom. The standard InChI is InChI=1S/C39H64N6O5/c1-7-25-12-13-30(43-8-2)28(20-25)22-49-36(48)39-35(47)33-27(18-23(3)4)10-9-11-29(33)34(46)38(39,50-39)16-14-24(5)19-31(45-37(41)42-6)26-15-17-44-32(40)21-26/h12-14,23,25-33,43-44H,7-11,15-22,40H2,1-6H3,(H3,41,42,45)/p+3/t25-,26?,27?,28-,29?,30+,31+,32?,33?,38-,39-/m0/s1. The molecular formula is C39H67N6O5+3. The monoisotopic (exact) mass is 700 g/mol. The number of piperidine rings is 1. The van der Waals surface area contributed by atoms with Crippen molar-refractivity contribution in [3.63, 3.8) is 0 Å². The molecule has 50 heavy (non-hydrogen) atoms. The second-order valence-electron chi connectivity index (χ2n) is 16.5. The number of carbonyl (C=O) groups excluding carboxylic acids is 3.